The minimum atomic E-state index is 0.0599. The molecule has 1 aliphatic rings. The van der Waals surface area contributed by atoms with E-state index in [1.165, 1.54) is 11.1 Å². The molecule has 128 valence electrons. The van der Waals surface area contributed by atoms with Crippen LogP contribution in [0.2, 0.25) is 0 Å². The van der Waals surface area contributed by atoms with Crippen LogP contribution >= 0.6 is 0 Å². The molecule has 4 nitrogen and oxygen atoms in total. The minimum Gasteiger partial charge on any atom is -0.482 e. The van der Waals surface area contributed by atoms with Crippen molar-refractivity contribution in [3.8, 4) is 5.75 Å². The number of nitrogens with one attached hydrogen (secondary N) is 1. The monoisotopic (exact) mass is 326 g/mol. The van der Waals surface area contributed by atoms with Gasteiger partial charge in [0.1, 0.15) is 11.9 Å². The quantitative estimate of drug-likeness (QED) is 0.821. The fraction of sp³-hybridized carbons (Fsp3) is 0.400. The molecule has 0 amide bonds. The van der Waals surface area contributed by atoms with Crippen LogP contribution in [0.1, 0.15) is 24.2 Å². The van der Waals surface area contributed by atoms with Gasteiger partial charge in [0, 0.05) is 13.1 Å². The standard InChI is InChI=1S/C20H26N2O2/c1-2-22(12-13-23)11-10-16-8-9-19-18(14-16)21-15-20(24-19)17-6-4-3-5-7-17/h3-9,14,20-21,23H,2,10-13,15H2,1H3. The minimum absolute atomic E-state index is 0.0599. The van der Waals surface area contributed by atoms with Crippen molar-refractivity contribution >= 4 is 5.69 Å². The molecule has 2 N–H and O–H groups in total. The average Bonchev–Trinajstić information content (AvgIpc) is 2.65. The third-order valence-electron chi connectivity index (χ3n) is 4.54. The average molecular weight is 326 g/mol. The lowest BCUT2D eigenvalue weighted by Crippen LogP contribution is -2.29. The normalized spacial score (nSPS) is 16.4. The van der Waals surface area contributed by atoms with E-state index in [9.17, 15) is 0 Å². The number of hydrogen-bond acceptors (Lipinski definition) is 4. The summed E-state index contributed by atoms with van der Waals surface area (Å²) >= 11 is 0. The Morgan fingerprint density at radius 2 is 2.00 bits per heavy atom. The van der Waals surface area contributed by atoms with Crippen LogP contribution in [-0.2, 0) is 6.42 Å². The maximum atomic E-state index is 9.07. The highest BCUT2D eigenvalue weighted by atomic mass is 16.5. The molecule has 4 heteroatoms. The van der Waals surface area contributed by atoms with Crippen LogP contribution in [0.15, 0.2) is 48.5 Å². The first-order valence-corrected chi connectivity index (χ1v) is 8.71. The summed E-state index contributed by atoms with van der Waals surface area (Å²) < 4.78 is 6.15. The van der Waals surface area contributed by atoms with Gasteiger partial charge < -0.3 is 20.1 Å². The van der Waals surface area contributed by atoms with Crippen molar-refractivity contribution in [2.24, 2.45) is 0 Å². The lowest BCUT2D eigenvalue weighted by atomic mass is 10.1. The van der Waals surface area contributed by atoms with E-state index >= 15 is 0 Å². The fourth-order valence-electron chi connectivity index (χ4n) is 3.08. The third kappa shape index (κ3) is 4.08. The van der Waals surface area contributed by atoms with Crippen LogP contribution in [0, 0.1) is 0 Å². The highest BCUT2D eigenvalue weighted by Crippen LogP contribution is 2.34. The number of aliphatic hydroxyl groups is 1. The lowest BCUT2D eigenvalue weighted by Gasteiger charge is -2.28. The number of likely N-dealkylation sites (N-methyl/N-ethyl adjacent to an activating group) is 1. The topological polar surface area (TPSA) is 44.7 Å². The Bertz CT molecular complexity index is 645. The summed E-state index contributed by atoms with van der Waals surface area (Å²) in [4.78, 5) is 2.26. The van der Waals surface area contributed by atoms with Crippen molar-refractivity contribution in [3.05, 3.63) is 59.7 Å². The largest absolute Gasteiger partial charge is 0.482 e. The number of ether oxygens (including phenoxy) is 1. The van der Waals surface area contributed by atoms with Crippen LogP contribution in [-0.4, -0.2) is 42.8 Å². The Hall–Kier alpha value is -2.04. The van der Waals surface area contributed by atoms with E-state index in [1.807, 2.05) is 18.2 Å². The molecule has 2 aromatic carbocycles. The molecule has 0 saturated carbocycles. The molecule has 0 aliphatic carbocycles. The van der Waals surface area contributed by atoms with E-state index in [2.05, 4.69) is 47.5 Å². The van der Waals surface area contributed by atoms with Crippen molar-refractivity contribution in [1.82, 2.24) is 4.90 Å². The van der Waals surface area contributed by atoms with Gasteiger partial charge in [-0.15, -0.1) is 0 Å². The summed E-state index contributed by atoms with van der Waals surface area (Å²) in [5, 5.41) is 12.6. The van der Waals surface area contributed by atoms with Crippen molar-refractivity contribution in [1.29, 1.82) is 0 Å². The second kappa shape index (κ2) is 8.18. The van der Waals surface area contributed by atoms with Crippen LogP contribution in [0.5, 0.6) is 5.75 Å². The van der Waals surface area contributed by atoms with Crippen molar-refractivity contribution in [3.63, 3.8) is 0 Å². The number of nitrogens with zero attached hydrogens (tertiary/aromatic N) is 1. The lowest BCUT2D eigenvalue weighted by molar-refractivity contribution is 0.203. The fourth-order valence-corrected chi connectivity index (χ4v) is 3.08. The van der Waals surface area contributed by atoms with E-state index in [-0.39, 0.29) is 12.7 Å². The maximum Gasteiger partial charge on any atom is 0.143 e. The Labute approximate surface area is 144 Å². The molecule has 1 atom stereocenters. The first-order valence-electron chi connectivity index (χ1n) is 8.71. The van der Waals surface area contributed by atoms with E-state index in [1.54, 1.807) is 0 Å². The van der Waals surface area contributed by atoms with Crippen molar-refractivity contribution < 1.29 is 9.84 Å². The molecule has 0 radical (unpaired) electrons. The summed E-state index contributed by atoms with van der Waals surface area (Å²) in [6.07, 6.45) is 1.04. The van der Waals surface area contributed by atoms with E-state index in [4.69, 9.17) is 9.84 Å². The van der Waals surface area contributed by atoms with Gasteiger partial charge in [0.15, 0.2) is 0 Å². The highest BCUT2D eigenvalue weighted by Gasteiger charge is 2.20. The van der Waals surface area contributed by atoms with Gasteiger partial charge in [-0.05, 0) is 36.2 Å². The van der Waals surface area contributed by atoms with Crippen LogP contribution in [0.3, 0.4) is 0 Å². The zero-order valence-electron chi connectivity index (χ0n) is 14.2. The molecular weight excluding hydrogens is 300 g/mol. The third-order valence-corrected chi connectivity index (χ3v) is 4.54. The number of fused-ring (bicyclic) bond motifs is 1. The number of benzene rings is 2. The predicted octanol–water partition coefficient (Wildman–Crippen LogP) is 3.09. The predicted molar refractivity (Wildman–Crippen MR) is 97.6 cm³/mol. The van der Waals surface area contributed by atoms with Crippen LogP contribution in [0.25, 0.3) is 0 Å². The van der Waals surface area contributed by atoms with Gasteiger partial charge >= 0.3 is 0 Å². The van der Waals surface area contributed by atoms with Gasteiger partial charge in [-0.2, -0.15) is 0 Å². The smallest absolute Gasteiger partial charge is 0.143 e. The molecule has 1 heterocycles. The van der Waals surface area contributed by atoms with Crippen molar-refractivity contribution in [2.75, 3.05) is 38.1 Å². The Kier molecular flexibility index (Phi) is 5.72. The number of rotatable bonds is 7. The number of hydrogen-bond donors (Lipinski definition) is 2. The van der Waals surface area contributed by atoms with E-state index in [0.717, 1.165) is 44.0 Å². The molecule has 3 rings (SSSR count). The van der Waals surface area contributed by atoms with Gasteiger partial charge in [0.2, 0.25) is 0 Å². The van der Waals surface area contributed by atoms with Gasteiger partial charge in [-0.25, -0.2) is 0 Å². The summed E-state index contributed by atoms with van der Waals surface area (Å²) in [5.74, 6) is 0.918. The second-order valence-electron chi connectivity index (χ2n) is 6.14. The number of anilines is 1. The summed E-state index contributed by atoms with van der Waals surface area (Å²) in [6, 6.07) is 16.7. The molecule has 0 aromatic heterocycles. The zero-order valence-corrected chi connectivity index (χ0v) is 14.2. The summed E-state index contributed by atoms with van der Waals surface area (Å²) in [6.45, 7) is 5.79. The van der Waals surface area contributed by atoms with Crippen molar-refractivity contribution in [2.45, 2.75) is 19.4 Å². The van der Waals surface area contributed by atoms with Gasteiger partial charge in [-0.3, -0.25) is 0 Å². The molecule has 0 bridgehead atoms. The van der Waals surface area contributed by atoms with E-state index in [0.29, 0.717) is 0 Å². The highest BCUT2D eigenvalue weighted by molar-refractivity contribution is 5.60. The van der Waals surface area contributed by atoms with Gasteiger partial charge in [0.05, 0.1) is 18.8 Å². The van der Waals surface area contributed by atoms with E-state index < -0.39 is 0 Å². The first kappa shape index (κ1) is 16.8. The second-order valence-corrected chi connectivity index (χ2v) is 6.14. The van der Waals surface area contributed by atoms with Crippen LogP contribution in [0.4, 0.5) is 5.69 Å². The number of aliphatic hydroxyl groups excluding tert-OH is 1. The Morgan fingerprint density at radius 1 is 1.17 bits per heavy atom. The molecular formula is C20H26N2O2. The van der Waals surface area contributed by atoms with Gasteiger partial charge in [-0.1, -0.05) is 43.3 Å². The molecule has 1 unspecified atom stereocenters. The van der Waals surface area contributed by atoms with Gasteiger partial charge in [0.25, 0.3) is 0 Å². The first-order chi connectivity index (χ1) is 11.8. The van der Waals surface area contributed by atoms with Crippen LogP contribution < -0.4 is 10.1 Å². The molecule has 0 fully saturated rings. The Morgan fingerprint density at radius 3 is 2.75 bits per heavy atom. The maximum absolute atomic E-state index is 9.07. The molecule has 0 spiro atoms. The molecule has 1 aliphatic heterocycles. The zero-order chi connectivity index (χ0) is 16.8. The molecule has 2 aromatic rings. The molecule has 24 heavy (non-hydrogen) atoms. The SMILES string of the molecule is CCN(CCO)CCc1ccc2c(c1)NCC(c1ccccc1)O2. The summed E-state index contributed by atoms with van der Waals surface area (Å²) in [5.41, 5.74) is 3.56. The summed E-state index contributed by atoms with van der Waals surface area (Å²) in [7, 11) is 0. The Balaban J connectivity index is 1.63. The molecule has 0 saturated heterocycles.